The number of anilines is 1. The third-order valence-corrected chi connectivity index (χ3v) is 3.72. The summed E-state index contributed by atoms with van der Waals surface area (Å²) in [4.78, 5) is 0. The highest BCUT2D eigenvalue weighted by atomic mass is 79.9. The van der Waals surface area contributed by atoms with Gasteiger partial charge in [0, 0.05) is 11.1 Å². The molecule has 0 unspecified atom stereocenters. The van der Waals surface area contributed by atoms with Gasteiger partial charge >= 0.3 is 0 Å². The quantitative estimate of drug-likeness (QED) is 0.906. The molecule has 3 N–H and O–H groups in total. The van der Waals surface area contributed by atoms with Gasteiger partial charge < -0.3 is 10.5 Å². The number of halogens is 2. The highest BCUT2D eigenvalue weighted by Crippen LogP contribution is 2.40. The molecule has 0 atom stereocenters. The molecule has 0 amide bonds. The zero-order valence-corrected chi connectivity index (χ0v) is 11.7. The maximum atomic E-state index is 13.6. The van der Waals surface area contributed by atoms with E-state index < -0.39 is 0 Å². The van der Waals surface area contributed by atoms with Gasteiger partial charge in [0.2, 0.25) is 0 Å². The van der Waals surface area contributed by atoms with E-state index in [9.17, 15) is 4.39 Å². The second kappa shape index (κ2) is 4.85. The molecule has 19 heavy (non-hydrogen) atoms. The van der Waals surface area contributed by atoms with Crippen LogP contribution < -0.4 is 10.5 Å². The molecular weight excluding hydrogens is 313 g/mol. The molecule has 0 aliphatic heterocycles. The molecule has 1 aromatic carbocycles. The number of nitrogen functional groups attached to an aromatic ring is 1. The largest absolute Gasteiger partial charge is 0.491 e. The van der Waals surface area contributed by atoms with Gasteiger partial charge in [0.15, 0.2) is 0 Å². The summed E-state index contributed by atoms with van der Waals surface area (Å²) in [6, 6.07) is 2.80. The minimum absolute atomic E-state index is 0.346. The second-order valence-electron chi connectivity index (χ2n) is 4.72. The van der Waals surface area contributed by atoms with Crippen molar-refractivity contribution >= 4 is 21.7 Å². The lowest BCUT2D eigenvalue weighted by Gasteiger charge is -2.13. The summed E-state index contributed by atoms with van der Waals surface area (Å²) in [7, 11) is 0. The highest BCUT2D eigenvalue weighted by Gasteiger charge is 2.24. The summed E-state index contributed by atoms with van der Waals surface area (Å²) >= 11 is 3.34. The highest BCUT2D eigenvalue weighted by molar-refractivity contribution is 9.10. The number of nitrogens with two attached hydrogens (primary N) is 1. The Morgan fingerprint density at radius 1 is 1.42 bits per heavy atom. The van der Waals surface area contributed by atoms with Crippen molar-refractivity contribution in [2.24, 2.45) is 5.92 Å². The topological polar surface area (TPSA) is 63.9 Å². The van der Waals surface area contributed by atoms with Gasteiger partial charge in [0.25, 0.3) is 0 Å². The normalized spacial score (nSPS) is 14.6. The molecule has 1 aliphatic carbocycles. The van der Waals surface area contributed by atoms with Crippen LogP contribution in [0.1, 0.15) is 12.8 Å². The van der Waals surface area contributed by atoms with Gasteiger partial charge in [-0.05, 0) is 46.8 Å². The second-order valence-corrected chi connectivity index (χ2v) is 5.57. The van der Waals surface area contributed by atoms with Crippen molar-refractivity contribution < 1.29 is 9.13 Å². The van der Waals surface area contributed by atoms with Crippen LogP contribution in [0.5, 0.6) is 5.75 Å². The van der Waals surface area contributed by atoms with Crippen LogP contribution in [0, 0.1) is 11.7 Å². The van der Waals surface area contributed by atoms with E-state index in [2.05, 4.69) is 26.1 Å². The molecule has 0 bridgehead atoms. The predicted molar refractivity (Wildman–Crippen MR) is 74.3 cm³/mol. The average molecular weight is 326 g/mol. The van der Waals surface area contributed by atoms with Gasteiger partial charge in [-0.25, -0.2) is 4.39 Å². The Balaban J connectivity index is 2.02. The maximum Gasteiger partial charge on any atom is 0.141 e. The first-order valence-corrected chi connectivity index (χ1v) is 6.85. The first-order valence-electron chi connectivity index (χ1n) is 6.06. The van der Waals surface area contributed by atoms with E-state index >= 15 is 0 Å². The summed E-state index contributed by atoms with van der Waals surface area (Å²) in [6.45, 7) is 0.648. The third kappa shape index (κ3) is 2.58. The van der Waals surface area contributed by atoms with Crippen molar-refractivity contribution in [3.05, 3.63) is 28.6 Å². The lowest BCUT2D eigenvalue weighted by molar-refractivity contribution is 0.299. The zero-order chi connectivity index (χ0) is 13.4. The van der Waals surface area contributed by atoms with Crippen molar-refractivity contribution in [3.63, 3.8) is 0 Å². The molecule has 1 aliphatic rings. The maximum absolute atomic E-state index is 13.6. The number of nitrogens with zero attached hydrogens (tertiary/aromatic N) is 1. The summed E-state index contributed by atoms with van der Waals surface area (Å²) in [5.41, 5.74) is 7.05. The number of rotatable bonds is 4. The van der Waals surface area contributed by atoms with Crippen LogP contribution in [0.25, 0.3) is 11.1 Å². The van der Waals surface area contributed by atoms with Gasteiger partial charge in [0.1, 0.15) is 17.4 Å². The van der Waals surface area contributed by atoms with E-state index in [0.29, 0.717) is 39.7 Å². The molecule has 100 valence electrons. The van der Waals surface area contributed by atoms with Crippen molar-refractivity contribution in [2.45, 2.75) is 12.8 Å². The average Bonchev–Trinajstić information content (AvgIpc) is 3.08. The fourth-order valence-electron chi connectivity index (χ4n) is 1.90. The van der Waals surface area contributed by atoms with Crippen molar-refractivity contribution in [1.29, 1.82) is 0 Å². The molecule has 1 heterocycles. The summed E-state index contributed by atoms with van der Waals surface area (Å²) in [6.07, 6.45) is 3.96. The molecule has 4 nitrogen and oxygen atoms in total. The van der Waals surface area contributed by atoms with Gasteiger partial charge in [-0.1, -0.05) is 0 Å². The fraction of sp³-hybridized carbons (Fsp3) is 0.308. The number of hydrogen-bond donors (Lipinski definition) is 2. The van der Waals surface area contributed by atoms with Gasteiger partial charge in [-0.2, -0.15) is 5.10 Å². The minimum Gasteiger partial charge on any atom is -0.491 e. The molecular formula is C13H13BrFN3O. The summed E-state index contributed by atoms with van der Waals surface area (Å²) in [5.74, 6) is 1.28. The lowest BCUT2D eigenvalue weighted by atomic mass is 10.1. The number of ether oxygens (including phenoxy) is 1. The number of H-pyrrole nitrogens is 1. The van der Waals surface area contributed by atoms with Crippen LogP contribution in [0.3, 0.4) is 0 Å². The zero-order valence-electron chi connectivity index (χ0n) is 10.1. The van der Waals surface area contributed by atoms with Gasteiger partial charge in [-0.3, -0.25) is 5.10 Å². The van der Waals surface area contributed by atoms with E-state index in [0.717, 1.165) is 0 Å². The van der Waals surface area contributed by atoms with Crippen LogP contribution in [0.15, 0.2) is 22.8 Å². The SMILES string of the molecule is Nc1[nH]ncc1-c1cc(F)cc(Br)c1OCC1CC1. The Morgan fingerprint density at radius 3 is 2.84 bits per heavy atom. The standard InChI is InChI=1S/C13H13BrFN3O/c14-11-4-8(15)3-9(10-5-17-18-13(10)16)12(11)19-6-7-1-2-7/h3-5,7H,1-2,6H2,(H3,16,17,18). The Morgan fingerprint density at radius 2 is 2.21 bits per heavy atom. The molecule has 0 saturated heterocycles. The van der Waals surface area contributed by atoms with E-state index in [1.807, 2.05) is 0 Å². The fourth-order valence-corrected chi connectivity index (χ4v) is 2.45. The number of hydrogen-bond acceptors (Lipinski definition) is 3. The van der Waals surface area contributed by atoms with Gasteiger partial charge in [-0.15, -0.1) is 0 Å². The van der Waals surface area contributed by atoms with Crippen LogP contribution >= 0.6 is 15.9 Å². The van der Waals surface area contributed by atoms with Crippen LogP contribution in [0.4, 0.5) is 10.2 Å². The number of aromatic amines is 1. The Kier molecular flexibility index (Phi) is 3.18. The molecule has 0 spiro atoms. The van der Waals surface area contributed by atoms with Crippen molar-refractivity contribution in [2.75, 3.05) is 12.3 Å². The van der Waals surface area contributed by atoms with E-state index in [1.54, 1.807) is 6.20 Å². The number of benzene rings is 1. The van der Waals surface area contributed by atoms with Crippen molar-refractivity contribution in [1.82, 2.24) is 10.2 Å². The Hall–Kier alpha value is -1.56. The third-order valence-electron chi connectivity index (χ3n) is 3.13. The monoisotopic (exact) mass is 325 g/mol. The first-order chi connectivity index (χ1) is 9.15. The molecule has 1 saturated carbocycles. The molecule has 3 rings (SSSR count). The van der Waals surface area contributed by atoms with Crippen LogP contribution in [-0.4, -0.2) is 16.8 Å². The smallest absolute Gasteiger partial charge is 0.141 e. The summed E-state index contributed by atoms with van der Waals surface area (Å²) in [5, 5.41) is 6.51. The lowest BCUT2D eigenvalue weighted by Crippen LogP contribution is -2.02. The number of nitrogens with one attached hydrogen (secondary N) is 1. The molecule has 2 aromatic rings. The molecule has 0 radical (unpaired) electrons. The van der Waals surface area contributed by atoms with Crippen molar-refractivity contribution in [3.8, 4) is 16.9 Å². The van der Waals surface area contributed by atoms with Crippen LogP contribution in [-0.2, 0) is 0 Å². The molecule has 1 aromatic heterocycles. The summed E-state index contributed by atoms with van der Waals surface area (Å²) < 4.78 is 20.0. The Labute approximate surface area is 118 Å². The number of aromatic nitrogens is 2. The minimum atomic E-state index is -0.346. The van der Waals surface area contributed by atoms with E-state index in [-0.39, 0.29) is 5.82 Å². The van der Waals surface area contributed by atoms with E-state index in [1.165, 1.54) is 25.0 Å². The predicted octanol–water partition coefficient (Wildman–Crippen LogP) is 3.35. The van der Waals surface area contributed by atoms with E-state index in [4.69, 9.17) is 10.5 Å². The van der Waals surface area contributed by atoms with Gasteiger partial charge in [0.05, 0.1) is 17.3 Å². The first kappa shape index (κ1) is 12.5. The molecule has 1 fully saturated rings. The van der Waals surface area contributed by atoms with Crippen LogP contribution in [0.2, 0.25) is 0 Å². The Bertz CT molecular complexity index is 610. The molecule has 6 heteroatoms.